The zero-order valence-electron chi connectivity index (χ0n) is 19.6. The van der Waals surface area contributed by atoms with E-state index in [1.165, 1.54) is 37.5 Å². The van der Waals surface area contributed by atoms with Crippen molar-refractivity contribution in [1.82, 2.24) is 4.72 Å². The Hall–Kier alpha value is -3.69. The molecule has 9 heteroatoms. The van der Waals surface area contributed by atoms with Crippen molar-refractivity contribution >= 4 is 49.3 Å². The predicted octanol–water partition coefficient (Wildman–Crippen LogP) is 4.39. The van der Waals surface area contributed by atoms with Gasteiger partial charge in [-0.15, -0.1) is 0 Å². The molecule has 0 aliphatic heterocycles. The fourth-order valence-corrected chi connectivity index (χ4v) is 5.04. The van der Waals surface area contributed by atoms with Crippen LogP contribution in [0.5, 0.6) is 0 Å². The van der Waals surface area contributed by atoms with Crippen LogP contribution in [0.2, 0.25) is 0 Å². The van der Waals surface area contributed by atoms with Crippen LogP contribution in [-0.2, 0) is 30.8 Å². The van der Waals surface area contributed by atoms with Gasteiger partial charge in [0.15, 0.2) is 6.10 Å². The maximum Gasteiger partial charge on any atom is 0.311 e. The Bertz CT molecular complexity index is 1490. The van der Waals surface area contributed by atoms with Crippen LogP contribution in [0.4, 0.5) is 5.69 Å². The third kappa shape index (κ3) is 5.52. The van der Waals surface area contributed by atoms with E-state index in [1.54, 1.807) is 13.8 Å². The lowest BCUT2D eigenvalue weighted by Gasteiger charge is -2.14. The number of carbonyl (C=O) groups is 2. The normalized spacial score (nSPS) is 12.7. The molecule has 1 atom stereocenters. The van der Waals surface area contributed by atoms with Gasteiger partial charge >= 0.3 is 5.97 Å². The van der Waals surface area contributed by atoms with Gasteiger partial charge in [0.1, 0.15) is 5.58 Å². The SMILES string of the molecule is CC(C)NS(=O)(=O)c1ccc(NC(=O)C(C)OC(=O)Cc2coc3ccc4ccccc4c23)cc1. The number of furan rings is 1. The minimum atomic E-state index is -3.63. The van der Waals surface area contributed by atoms with Crippen LogP contribution in [0.15, 0.2) is 76.2 Å². The number of hydrogen-bond donors (Lipinski definition) is 2. The van der Waals surface area contributed by atoms with Gasteiger partial charge in [-0.1, -0.05) is 30.3 Å². The molecule has 0 saturated carbocycles. The zero-order valence-corrected chi connectivity index (χ0v) is 20.4. The highest BCUT2D eigenvalue weighted by Gasteiger charge is 2.21. The molecular weight excluding hydrogens is 468 g/mol. The highest BCUT2D eigenvalue weighted by Crippen LogP contribution is 2.30. The average Bonchev–Trinajstić information content (AvgIpc) is 3.21. The molecule has 1 aromatic heterocycles. The van der Waals surface area contributed by atoms with E-state index in [0.29, 0.717) is 16.8 Å². The first-order valence-corrected chi connectivity index (χ1v) is 12.6. The Labute approximate surface area is 203 Å². The summed E-state index contributed by atoms with van der Waals surface area (Å²) < 4.78 is 37.9. The van der Waals surface area contributed by atoms with Crippen molar-refractivity contribution < 1.29 is 27.2 Å². The molecule has 3 aromatic carbocycles. The second-order valence-corrected chi connectivity index (χ2v) is 10.2. The Morgan fingerprint density at radius 3 is 2.40 bits per heavy atom. The van der Waals surface area contributed by atoms with Gasteiger partial charge in [-0.25, -0.2) is 13.1 Å². The lowest BCUT2D eigenvalue weighted by atomic mass is 10.0. The number of amides is 1. The van der Waals surface area contributed by atoms with Gasteiger partial charge in [0.25, 0.3) is 5.91 Å². The van der Waals surface area contributed by atoms with Crippen LogP contribution in [0.25, 0.3) is 21.7 Å². The van der Waals surface area contributed by atoms with Gasteiger partial charge in [0.05, 0.1) is 17.6 Å². The number of carbonyl (C=O) groups excluding carboxylic acids is 2. The Morgan fingerprint density at radius 1 is 0.971 bits per heavy atom. The Balaban J connectivity index is 1.39. The number of esters is 1. The van der Waals surface area contributed by atoms with Gasteiger partial charge in [-0.3, -0.25) is 9.59 Å². The maximum atomic E-state index is 12.6. The number of benzene rings is 3. The van der Waals surface area contributed by atoms with Crippen LogP contribution < -0.4 is 10.0 Å². The van der Waals surface area contributed by atoms with Crippen molar-refractivity contribution in [3.8, 4) is 0 Å². The van der Waals surface area contributed by atoms with Crippen molar-refractivity contribution in [2.75, 3.05) is 5.32 Å². The maximum absolute atomic E-state index is 12.6. The Kier molecular flexibility index (Phi) is 6.90. The van der Waals surface area contributed by atoms with Crippen molar-refractivity contribution in [2.45, 2.75) is 44.2 Å². The third-order valence-electron chi connectivity index (χ3n) is 5.38. The minimum absolute atomic E-state index is 0.0476. The van der Waals surface area contributed by atoms with E-state index in [1.807, 2.05) is 36.4 Å². The van der Waals surface area contributed by atoms with Gasteiger partial charge in [0.2, 0.25) is 10.0 Å². The monoisotopic (exact) mass is 494 g/mol. The number of nitrogens with one attached hydrogen (secondary N) is 2. The van der Waals surface area contributed by atoms with E-state index >= 15 is 0 Å². The second-order valence-electron chi connectivity index (χ2n) is 8.52. The summed E-state index contributed by atoms with van der Waals surface area (Å²) in [5.41, 5.74) is 1.74. The third-order valence-corrected chi connectivity index (χ3v) is 7.05. The highest BCUT2D eigenvalue weighted by molar-refractivity contribution is 7.89. The smallest absolute Gasteiger partial charge is 0.311 e. The zero-order chi connectivity index (χ0) is 25.2. The van der Waals surface area contributed by atoms with Crippen LogP contribution >= 0.6 is 0 Å². The van der Waals surface area contributed by atoms with Crippen molar-refractivity contribution in [3.05, 3.63) is 72.5 Å². The number of fused-ring (bicyclic) bond motifs is 3. The molecule has 8 nitrogen and oxygen atoms in total. The molecule has 35 heavy (non-hydrogen) atoms. The van der Waals surface area contributed by atoms with E-state index in [9.17, 15) is 18.0 Å². The summed E-state index contributed by atoms with van der Waals surface area (Å²) >= 11 is 0. The topological polar surface area (TPSA) is 115 Å². The number of hydrogen-bond acceptors (Lipinski definition) is 6. The fraction of sp³-hybridized carbons (Fsp3) is 0.231. The summed E-state index contributed by atoms with van der Waals surface area (Å²) in [4.78, 5) is 25.2. The van der Waals surface area contributed by atoms with Crippen molar-refractivity contribution in [3.63, 3.8) is 0 Å². The summed E-state index contributed by atoms with van der Waals surface area (Å²) in [6.07, 6.45) is 0.435. The van der Waals surface area contributed by atoms with Gasteiger partial charge in [0, 0.05) is 22.7 Å². The number of sulfonamides is 1. The summed E-state index contributed by atoms with van der Waals surface area (Å²) in [7, 11) is -3.63. The molecule has 4 rings (SSSR count). The molecule has 0 fully saturated rings. The van der Waals surface area contributed by atoms with Gasteiger partial charge in [-0.05, 0) is 61.9 Å². The molecule has 1 unspecified atom stereocenters. The molecule has 2 N–H and O–H groups in total. The molecule has 1 amide bonds. The molecule has 0 aliphatic carbocycles. The largest absolute Gasteiger partial charge is 0.464 e. The first kappa shape index (κ1) is 24.4. The van der Waals surface area contributed by atoms with E-state index in [2.05, 4.69) is 10.0 Å². The molecular formula is C26H26N2O6S. The second kappa shape index (κ2) is 9.89. The van der Waals surface area contributed by atoms with E-state index < -0.39 is 28.0 Å². The van der Waals surface area contributed by atoms with Crippen molar-refractivity contribution in [2.24, 2.45) is 0 Å². The number of rotatable bonds is 8. The molecule has 0 bridgehead atoms. The molecule has 0 spiro atoms. The van der Waals surface area contributed by atoms with Crippen molar-refractivity contribution in [1.29, 1.82) is 0 Å². The standard InChI is InChI=1S/C26H26N2O6S/c1-16(2)28-35(31,32)21-11-9-20(10-12-21)27-26(30)17(3)34-24(29)14-19-15-33-23-13-8-18-6-4-5-7-22(18)25(19)23/h4-13,15-17,28H,14H2,1-3H3,(H,27,30). The summed E-state index contributed by atoms with van der Waals surface area (Å²) in [5.74, 6) is -1.10. The fourth-order valence-electron chi connectivity index (χ4n) is 3.79. The number of ether oxygens (including phenoxy) is 1. The highest BCUT2D eigenvalue weighted by atomic mass is 32.2. The predicted molar refractivity (Wildman–Crippen MR) is 134 cm³/mol. The Morgan fingerprint density at radius 2 is 1.69 bits per heavy atom. The quantitative estimate of drug-likeness (QED) is 0.351. The molecule has 0 saturated heterocycles. The first-order valence-electron chi connectivity index (χ1n) is 11.1. The minimum Gasteiger partial charge on any atom is -0.464 e. The molecule has 182 valence electrons. The number of anilines is 1. The molecule has 4 aromatic rings. The molecule has 1 heterocycles. The van der Waals surface area contributed by atoms with Gasteiger partial charge in [-0.2, -0.15) is 0 Å². The average molecular weight is 495 g/mol. The summed E-state index contributed by atoms with van der Waals surface area (Å²) in [6.45, 7) is 4.93. The summed E-state index contributed by atoms with van der Waals surface area (Å²) in [6, 6.07) is 17.1. The lowest BCUT2D eigenvalue weighted by Crippen LogP contribution is -2.31. The van der Waals surface area contributed by atoms with Crippen LogP contribution in [0.3, 0.4) is 0 Å². The summed E-state index contributed by atoms with van der Waals surface area (Å²) in [5, 5.41) is 5.48. The van der Waals surface area contributed by atoms with E-state index in [4.69, 9.17) is 9.15 Å². The van der Waals surface area contributed by atoms with Crippen LogP contribution in [0.1, 0.15) is 26.3 Å². The van der Waals surface area contributed by atoms with Crippen LogP contribution in [-0.4, -0.2) is 32.4 Å². The lowest BCUT2D eigenvalue weighted by molar-refractivity contribution is -0.152. The van der Waals surface area contributed by atoms with Gasteiger partial charge < -0.3 is 14.5 Å². The molecule has 0 radical (unpaired) electrons. The van der Waals surface area contributed by atoms with E-state index in [-0.39, 0.29) is 17.4 Å². The first-order chi connectivity index (χ1) is 16.6. The van der Waals surface area contributed by atoms with E-state index in [0.717, 1.165) is 16.2 Å². The van der Waals surface area contributed by atoms with Crippen LogP contribution in [0, 0.1) is 0 Å². The molecule has 0 aliphatic rings.